The molecule has 0 unspecified atom stereocenters. The average molecular weight is 401 g/mol. The van der Waals surface area contributed by atoms with Crippen LogP contribution in [0.25, 0.3) is 5.82 Å². The van der Waals surface area contributed by atoms with Gasteiger partial charge in [-0.05, 0) is 38.1 Å². The van der Waals surface area contributed by atoms with E-state index in [-0.39, 0.29) is 23.2 Å². The number of hydrogen-bond acceptors (Lipinski definition) is 4. The Labute approximate surface area is 155 Å². The van der Waals surface area contributed by atoms with Crippen LogP contribution in [0.15, 0.2) is 36.7 Å². The lowest BCUT2D eigenvalue weighted by atomic mass is 10.2. The lowest BCUT2D eigenvalue weighted by molar-refractivity contribution is -0.141. The van der Waals surface area contributed by atoms with Gasteiger partial charge in [-0.25, -0.2) is 9.97 Å². The second-order valence-corrected chi connectivity index (χ2v) is 5.89. The molecule has 1 aromatic carbocycles. The zero-order chi connectivity index (χ0) is 20.7. The van der Waals surface area contributed by atoms with Crippen molar-refractivity contribution in [2.75, 3.05) is 5.32 Å². The normalized spacial score (nSPS) is 12.3. The Morgan fingerprint density at radius 2 is 1.50 bits per heavy atom. The average Bonchev–Trinajstić information content (AvgIpc) is 2.89. The minimum atomic E-state index is -4.61. The highest BCUT2D eigenvalue weighted by Gasteiger charge is 2.37. The molecule has 5 nitrogen and oxygen atoms in total. The van der Waals surface area contributed by atoms with Gasteiger partial charge in [0.1, 0.15) is 5.82 Å². The van der Waals surface area contributed by atoms with Gasteiger partial charge in [0.15, 0.2) is 17.3 Å². The molecule has 0 atom stereocenters. The summed E-state index contributed by atoms with van der Waals surface area (Å²) in [6.07, 6.45) is -6.50. The van der Waals surface area contributed by atoms with Crippen molar-refractivity contribution in [3.8, 4) is 5.82 Å². The summed E-state index contributed by atoms with van der Waals surface area (Å²) < 4.78 is 78.2. The number of aryl methyl sites for hydroxylation is 1. The molecular weight excluding hydrogens is 388 g/mol. The molecule has 0 aliphatic carbocycles. The molecule has 0 aliphatic heterocycles. The quantitative estimate of drug-likeness (QED) is 0.624. The number of benzene rings is 1. The van der Waals surface area contributed by atoms with Crippen molar-refractivity contribution in [3.63, 3.8) is 0 Å². The van der Waals surface area contributed by atoms with Crippen LogP contribution in [0.1, 0.15) is 22.8 Å². The third-order valence-electron chi connectivity index (χ3n) is 3.88. The van der Waals surface area contributed by atoms with Gasteiger partial charge in [0.05, 0.1) is 23.7 Å². The summed E-state index contributed by atoms with van der Waals surface area (Å²) in [4.78, 5) is 11.7. The Bertz CT molecular complexity index is 989. The number of anilines is 2. The fraction of sp³-hybridized carbons (Fsp3) is 0.235. The SMILES string of the molecule is Cc1nc(C(F)(F)F)c(C)n1-c1cncc(Nc2ccc(C(F)(F)F)cc2)n1. The number of nitrogens with one attached hydrogen (secondary N) is 1. The Balaban J connectivity index is 1.91. The van der Waals surface area contributed by atoms with Crippen LogP contribution in [0.5, 0.6) is 0 Å². The van der Waals surface area contributed by atoms with Gasteiger partial charge in [0.2, 0.25) is 0 Å². The van der Waals surface area contributed by atoms with E-state index in [1.54, 1.807) is 0 Å². The van der Waals surface area contributed by atoms with Crippen molar-refractivity contribution < 1.29 is 26.3 Å². The van der Waals surface area contributed by atoms with E-state index < -0.39 is 23.6 Å². The molecule has 0 radical (unpaired) electrons. The molecular formula is C17H13F6N5. The Morgan fingerprint density at radius 3 is 2.04 bits per heavy atom. The minimum Gasteiger partial charge on any atom is -0.339 e. The molecule has 0 aliphatic rings. The highest BCUT2D eigenvalue weighted by atomic mass is 19.4. The molecule has 0 spiro atoms. The van der Waals surface area contributed by atoms with Crippen LogP contribution in [-0.2, 0) is 12.4 Å². The predicted octanol–water partition coefficient (Wildman–Crippen LogP) is 5.06. The van der Waals surface area contributed by atoms with Gasteiger partial charge in [-0.2, -0.15) is 26.3 Å². The molecule has 148 valence electrons. The van der Waals surface area contributed by atoms with E-state index in [0.717, 1.165) is 12.1 Å². The molecule has 0 bridgehead atoms. The van der Waals surface area contributed by atoms with Crippen molar-refractivity contribution >= 4 is 11.5 Å². The minimum absolute atomic E-state index is 0.0748. The van der Waals surface area contributed by atoms with Gasteiger partial charge in [0, 0.05) is 5.69 Å². The molecule has 3 aromatic rings. The fourth-order valence-corrected chi connectivity index (χ4v) is 2.66. The standard InChI is InChI=1S/C17H13F6N5/c1-9-15(17(21,22)23)25-10(2)28(9)14-8-24-7-13(27-14)26-12-5-3-11(4-6-12)16(18,19)20/h3-8H,1-2H3,(H,26,27). The van der Waals surface area contributed by atoms with E-state index >= 15 is 0 Å². The second kappa shape index (κ2) is 6.80. The third-order valence-corrected chi connectivity index (χ3v) is 3.88. The molecule has 0 fully saturated rings. The van der Waals surface area contributed by atoms with Crippen molar-refractivity contribution in [2.24, 2.45) is 0 Å². The monoisotopic (exact) mass is 401 g/mol. The van der Waals surface area contributed by atoms with Crippen molar-refractivity contribution in [1.82, 2.24) is 19.5 Å². The molecule has 2 aromatic heterocycles. The van der Waals surface area contributed by atoms with Gasteiger partial charge < -0.3 is 5.32 Å². The Hall–Kier alpha value is -3.11. The molecule has 0 saturated heterocycles. The zero-order valence-electron chi connectivity index (χ0n) is 14.5. The molecule has 0 amide bonds. The maximum absolute atomic E-state index is 13.0. The summed E-state index contributed by atoms with van der Waals surface area (Å²) in [5.74, 6) is 0.319. The van der Waals surface area contributed by atoms with E-state index in [1.165, 1.54) is 42.9 Å². The molecule has 1 N–H and O–H groups in total. The first-order valence-electron chi connectivity index (χ1n) is 7.86. The van der Waals surface area contributed by atoms with Crippen LogP contribution in [-0.4, -0.2) is 19.5 Å². The number of imidazole rings is 1. The zero-order valence-corrected chi connectivity index (χ0v) is 14.5. The van der Waals surface area contributed by atoms with Gasteiger partial charge in [-0.15, -0.1) is 0 Å². The summed E-state index contributed by atoms with van der Waals surface area (Å²) >= 11 is 0. The summed E-state index contributed by atoms with van der Waals surface area (Å²) in [6.45, 7) is 2.67. The van der Waals surface area contributed by atoms with Crippen LogP contribution in [0.2, 0.25) is 0 Å². The van der Waals surface area contributed by atoms with Gasteiger partial charge in [-0.3, -0.25) is 9.55 Å². The summed E-state index contributed by atoms with van der Waals surface area (Å²) in [6, 6.07) is 4.23. The molecule has 11 heteroatoms. The third kappa shape index (κ3) is 3.92. The fourth-order valence-electron chi connectivity index (χ4n) is 2.66. The van der Waals surface area contributed by atoms with Gasteiger partial charge in [-0.1, -0.05) is 0 Å². The number of nitrogens with zero attached hydrogens (tertiary/aromatic N) is 4. The lowest BCUT2D eigenvalue weighted by Gasteiger charge is -2.11. The number of alkyl halides is 6. The summed E-state index contributed by atoms with van der Waals surface area (Å²) in [7, 11) is 0. The maximum Gasteiger partial charge on any atom is 0.435 e. The topological polar surface area (TPSA) is 55.6 Å². The van der Waals surface area contributed by atoms with Crippen molar-refractivity contribution in [1.29, 1.82) is 0 Å². The summed E-state index contributed by atoms with van der Waals surface area (Å²) in [5, 5.41) is 2.77. The Morgan fingerprint density at radius 1 is 0.857 bits per heavy atom. The van der Waals surface area contributed by atoms with Gasteiger partial charge >= 0.3 is 12.4 Å². The second-order valence-electron chi connectivity index (χ2n) is 5.89. The number of halogens is 6. The van der Waals surface area contributed by atoms with E-state index in [1.807, 2.05) is 0 Å². The van der Waals surface area contributed by atoms with Crippen molar-refractivity contribution in [2.45, 2.75) is 26.2 Å². The van der Waals surface area contributed by atoms with Crippen LogP contribution in [0.4, 0.5) is 37.8 Å². The molecule has 3 rings (SSSR count). The largest absolute Gasteiger partial charge is 0.435 e. The predicted molar refractivity (Wildman–Crippen MR) is 88.4 cm³/mol. The van der Waals surface area contributed by atoms with E-state index in [0.29, 0.717) is 5.69 Å². The lowest BCUT2D eigenvalue weighted by Crippen LogP contribution is -2.09. The first-order chi connectivity index (χ1) is 13.0. The van der Waals surface area contributed by atoms with Crippen LogP contribution < -0.4 is 5.32 Å². The highest BCUT2D eigenvalue weighted by Crippen LogP contribution is 2.33. The molecule has 2 heterocycles. The first kappa shape index (κ1) is 19.6. The first-order valence-corrected chi connectivity index (χ1v) is 7.86. The van der Waals surface area contributed by atoms with Crippen LogP contribution >= 0.6 is 0 Å². The van der Waals surface area contributed by atoms with Crippen LogP contribution in [0.3, 0.4) is 0 Å². The molecule has 28 heavy (non-hydrogen) atoms. The van der Waals surface area contributed by atoms with E-state index in [4.69, 9.17) is 0 Å². The highest BCUT2D eigenvalue weighted by molar-refractivity contribution is 5.56. The van der Waals surface area contributed by atoms with Crippen molar-refractivity contribution in [3.05, 3.63) is 59.4 Å². The number of hydrogen-bond donors (Lipinski definition) is 1. The number of rotatable bonds is 3. The number of aromatic nitrogens is 4. The van der Waals surface area contributed by atoms with Crippen LogP contribution in [0, 0.1) is 13.8 Å². The smallest absolute Gasteiger partial charge is 0.339 e. The molecule has 0 saturated carbocycles. The summed E-state index contributed by atoms with van der Waals surface area (Å²) in [5.41, 5.74) is -1.66. The maximum atomic E-state index is 13.0. The van der Waals surface area contributed by atoms with E-state index in [9.17, 15) is 26.3 Å². The van der Waals surface area contributed by atoms with Gasteiger partial charge in [0.25, 0.3) is 0 Å². The Kier molecular flexibility index (Phi) is 4.77. The van der Waals surface area contributed by atoms with E-state index in [2.05, 4.69) is 20.3 Å².